The number of ether oxygens (including phenoxy) is 1. The van der Waals surface area contributed by atoms with Crippen molar-refractivity contribution in [3.05, 3.63) is 35.5 Å². The Kier molecular flexibility index (Phi) is 10.4. The van der Waals surface area contributed by atoms with Gasteiger partial charge < -0.3 is 19.4 Å². The number of nitrogens with zero attached hydrogens (tertiary/aromatic N) is 4. The number of hydrogen-bond acceptors (Lipinski definition) is 11. The first kappa shape index (κ1) is 28.8. The van der Waals surface area contributed by atoms with Crippen LogP contribution in [0.1, 0.15) is 22.5 Å². The Morgan fingerprint density at radius 2 is 1.87 bits per heavy atom. The van der Waals surface area contributed by atoms with E-state index in [9.17, 15) is 9.59 Å². The van der Waals surface area contributed by atoms with E-state index >= 15 is 0 Å². The number of methoxy groups -OCH3 is 1. The number of piperazine rings is 1. The average molecular weight is 576 g/mol. The summed E-state index contributed by atoms with van der Waals surface area (Å²) in [6, 6.07) is 7.30. The van der Waals surface area contributed by atoms with Crippen LogP contribution in [0.15, 0.2) is 43.8 Å². The molecule has 1 fully saturated rings. The zero-order valence-electron chi connectivity index (χ0n) is 22.1. The Balaban J connectivity index is 1.19. The molecule has 0 aliphatic carbocycles. The highest BCUT2D eigenvalue weighted by atomic mass is 32.2. The summed E-state index contributed by atoms with van der Waals surface area (Å²) in [7, 11) is 1.35. The zero-order valence-corrected chi connectivity index (χ0v) is 24.6. The third-order valence-corrected chi connectivity index (χ3v) is 8.59. The molecule has 0 atom stereocenters. The summed E-state index contributed by atoms with van der Waals surface area (Å²) < 4.78 is 10.7. The molecule has 38 heavy (non-hydrogen) atoms. The summed E-state index contributed by atoms with van der Waals surface area (Å²) in [6.45, 7) is 6.91. The molecule has 0 spiro atoms. The van der Waals surface area contributed by atoms with E-state index in [0.717, 1.165) is 66.2 Å². The molecule has 1 amide bonds. The predicted octanol–water partition coefficient (Wildman–Crippen LogP) is 4.50. The summed E-state index contributed by atoms with van der Waals surface area (Å²) in [4.78, 5) is 39.5. The van der Waals surface area contributed by atoms with Gasteiger partial charge in [-0.05, 0) is 50.6 Å². The molecular weight excluding hydrogens is 543 g/mol. The Labute approximate surface area is 235 Å². The van der Waals surface area contributed by atoms with Gasteiger partial charge in [-0.3, -0.25) is 9.69 Å². The molecule has 12 heteroatoms. The Morgan fingerprint density at radius 1 is 1.11 bits per heavy atom. The number of carbonyl (C=O) groups is 2. The standard InChI is InChI=1S/C26H33N5O4S3/c1-17-15-20(36-3)22(24(27-17)37-4)29-21(32)16-31-12-10-30(11-13-31)9-6-14-38-26-28-19-8-5-7-18(23(19)35-26)25(33)34-2/h5,7-8,15H,6,9-14,16H2,1-4H3,(H,29,32). The maximum Gasteiger partial charge on any atom is 0.341 e. The summed E-state index contributed by atoms with van der Waals surface area (Å²) in [5, 5.41) is 4.52. The van der Waals surface area contributed by atoms with Crippen LogP contribution >= 0.6 is 35.3 Å². The number of benzene rings is 1. The van der Waals surface area contributed by atoms with Crippen LogP contribution in [-0.4, -0.2) is 96.3 Å². The number of aromatic nitrogens is 2. The van der Waals surface area contributed by atoms with E-state index in [1.807, 2.05) is 31.6 Å². The number of oxazole rings is 1. The number of carbonyl (C=O) groups excluding carboxylic acids is 2. The summed E-state index contributed by atoms with van der Waals surface area (Å²) in [5.74, 6) is 0.435. The quantitative estimate of drug-likeness (QED) is 0.199. The second-order valence-corrected chi connectivity index (χ2v) is 11.5. The van der Waals surface area contributed by atoms with Crippen molar-refractivity contribution in [3.8, 4) is 0 Å². The van der Waals surface area contributed by atoms with E-state index in [1.165, 1.54) is 7.11 Å². The number of para-hydroxylation sites is 1. The van der Waals surface area contributed by atoms with Gasteiger partial charge in [0.2, 0.25) is 5.91 Å². The van der Waals surface area contributed by atoms with Gasteiger partial charge in [0.1, 0.15) is 16.1 Å². The second kappa shape index (κ2) is 13.7. The summed E-state index contributed by atoms with van der Waals surface area (Å²) in [6.07, 6.45) is 4.98. The van der Waals surface area contributed by atoms with E-state index in [2.05, 4.69) is 25.1 Å². The third kappa shape index (κ3) is 7.23. The predicted molar refractivity (Wildman–Crippen MR) is 155 cm³/mol. The number of rotatable bonds is 11. The molecule has 0 unspecified atom stereocenters. The molecule has 3 aromatic rings. The van der Waals surface area contributed by atoms with Crippen molar-refractivity contribution >= 4 is 63.9 Å². The van der Waals surface area contributed by atoms with Gasteiger partial charge >= 0.3 is 5.97 Å². The van der Waals surface area contributed by atoms with Crippen LogP contribution in [0.2, 0.25) is 0 Å². The number of esters is 1. The van der Waals surface area contributed by atoms with Gasteiger partial charge in [-0.2, -0.15) is 0 Å². The highest BCUT2D eigenvalue weighted by molar-refractivity contribution is 7.99. The van der Waals surface area contributed by atoms with Gasteiger partial charge in [0.05, 0.1) is 19.3 Å². The fraction of sp³-hybridized carbons (Fsp3) is 0.462. The molecule has 1 N–H and O–H groups in total. The normalized spacial score (nSPS) is 14.6. The minimum atomic E-state index is -0.429. The monoisotopic (exact) mass is 575 g/mol. The van der Waals surface area contributed by atoms with Gasteiger partial charge in [-0.25, -0.2) is 14.8 Å². The topological polar surface area (TPSA) is 101 Å². The molecule has 204 valence electrons. The van der Waals surface area contributed by atoms with E-state index < -0.39 is 5.97 Å². The number of pyridine rings is 1. The summed E-state index contributed by atoms with van der Waals surface area (Å²) in [5.41, 5.74) is 3.28. The number of thioether (sulfide) groups is 3. The van der Waals surface area contributed by atoms with Crippen LogP contribution in [0.5, 0.6) is 0 Å². The number of nitrogens with one attached hydrogen (secondary N) is 1. The molecule has 0 radical (unpaired) electrons. The lowest BCUT2D eigenvalue weighted by atomic mass is 10.2. The smallest absolute Gasteiger partial charge is 0.341 e. The van der Waals surface area contributed by atoms with Crippen molar-refractivity contribution in [2.24, 2.45) is 0 Å². The first-order chi connectivity index (χ1) is 18.4. The Hall–Kier alpha value is -2.25. The molecule has 0 saturated carbocycles. The number of anilines is 1. The van der Waals surface area contributed by atoms with Crippen molar-refractivity contribution in [1.82, 2.24) is 19.8 Å². The number of amides is 1. The van der Waals surface area contributed by atoms with Crippen LogP contribution in [0.3, 0.4) is 0 Å². The molecule has 4 rings (SSSR count). The molecule has 2 aromatic heterocycles. The highest BCUT2D eigenvalue weighted by Gasteiger charge is 2.21. The van der Waals surface area contributed by atoms with Crippen LogP contribution < -0.4 is 5.32 Å². The maximum absolute atomic E-state index is 12.8. The molecule has 9 nitrogen and oxygen atoms in total. The van der Waals surface area contributed by atoms with Crippen molar-refractivity contribution < 1.29 is 18.7 Å². The SMILES string of the molecule is COC(=O)c1cccc2nc(SCCCN3CCN(CC(=O)Nc4c(SC)cc(C)nc4SC)CC3)oc12. The second-order valence-electron chi connectivity index (χ2n) is 8.84. The van der Waals surface area contributed by atoms with Gasteiger partial charge in [-0.15, -0.1) is 23.5 Å². The van der Waals surface area contributed by atoms with Gasteiger partial charge in [0.25, 0.3) is 5.22 Å². The number of hydrogen-bond donors (Lipinski definition) is 1. The Bertz CT molecular complexity index is 1250. The number of fused-ring (bicyclic) bond motifs is 1. The van der Waals surface area contributed by atoms with Crippen molar-refractivity contribution in [2.45, 2.75) is 28.5 Å². The molecule has 1 aliphatic rings. The van der Waals surface area contributed by atoms with Crippen LogP contribution in [-0.2, 0) is 9.53 Å². The van der Waals surface area contributed by atoms with Crippen molar-refractivity contribution in [1.29, 1.82) is 0 Å². The zero-order chi connectivity index (χ0) is 27.1. The largest absolute Gasteiger partial charge is 0.465 e. The molecule has 0 bridgehead atoms. The lowest BCUT2D eigenvalue weighted by Crippen LogP contribution is -2.48. The molecule has 3 heterocycles. The van der Waals surface area contributed by atoms with Crippen molar-refractivity contribution in [2.75, 3.05) is 70.0 Å². The van der Waals surface area contributed by atoms with Crippen LogP contribution in [0, 0.1) is 6.92 Å². The van der Waals surface area contributed by atoms with Crippen LogP contribution in [0.25, 0.3) is 11.1 Å². The fourth-order valence-corrected chi connectivity index (χ4v) is 6.36. The minimum Gasteiger partial charge on any atom is -0.465 e. The molecule has 1 saturated heterocycles. The number of aryl methyl sites for hydroxylation is 1. The van der Waals surface area contributed by atoms with E-state index in [-0.39, 0.29) is 5.91 Å². The van der Waals surface area contributed by atoms with Gasteiger partial charge in [0.15, 0.2) is 5.58 Å². The van der Waals surface area contributed by atoms with Crippen LogP contribution in [0.4, 0.5) is 5.69 Å². The van der Waals surface area contributed by atoms with Gasteiger partial charge in [0, 0.05) is 42.5 Å². The lowest BCUT2D eigenvalue weighted by Gasteiger charge is -2.34. The first-order valence-corrected chi connectivity index (χ1v) is 15.8. The van der Waals surface area contributed by atoms with Gasteiger partial charge in [-0.1, -0.05) is 17.8 Å². The minimum absolute atomic E-state index is 0.000190. The summed E-state index contributed by atoms with van der Waals surface area (Å²) >= 11 is 4.72. The first-order valence-electron chi connectivity index (χ1n) is 12.4. The lowest BCUT2D eigenvalue weighted by molar-refractivity contribution is -0.117. The Morgan fingerprint density at radius 3 is 2.58 bits per heavy atom. The van der Waals surface area contributed by atoms with E-state index in [0.29, 0.717) is 28.4 Å². The third-order valence-electron chi connectivity index (χ3n) is 6.23. The average Bonchev–Trinajstić information content (AvgIpc) is 3.35. The molecular formula is C26H33N5O4S3. The highest BCUT2D eigenvalue weighted by Crippen LogP contribution is 2.33. The van der Waals surface area contributed by atoms with E-state index in [1.54, 1.807) is 47.4 Å². The maximum atomic E-state index is 12.8. The van der Waals surface area contributed by atoms with E-state index in [4.69, 9.17) is 9.15 Å². The fourth-order valence-electron chi connectivity index (χ4n) is 4.30. The molecule has 1 aliphatic heterocycles. The molecule has 1 aromatic carbocycles. The van der Waals surface area contributed by atoms with Crippen molar-refractivity contribution in [3.63, 3.8) is 0 Å².